The van der Waals surface area contributed by atoms with Gasteiger partial charge in [0.05, 0.1) is 12.1 Å². The molecule has 3 nitrogen and oxygen atoms in total. The minimum Gasteiger partial charge on any atom is -0.383 e. The first-order valence-corrected chi connectivity index (χ1v) is 8.22. The minimum absolute atomic E-state index is 0.104. The largest absolute Gasteiger partial charge is 0.383 e. The van der Waals surface area contributed by atoms with Gasteiger partial charge < -0.3 is 10.1 Å². The van der Waals surface area contributed by atoms with Crippen molar-refractivity contribution in [1.29, 1.82) is 0 Å². The third kappa shape index (κ3) is 4.63. The third-order valence-electron chi connectivity index (χ3n) is 3.67. The Kier molecular flexibility index (Phi) is 5.91. The Morgan fingerprint density at radius 3 is 2.67 bits per heavy atom. The number of hydrogen-bond donors (Lipinski definition) is 1. The van der Waals surface area contributed by atoms with Gasteiger partial charge in [-0.05, 0) is 32.3 Å². The molecule has 2 rings (SSSR count). The quantitative estimate of drug-likeness (QED) is 0.758. The Balaban J connectivity index is 2.07. The van der Waals surface area contributed by atoms with Gasteiger partial charge >= 0.3 is 0 Å². The van der Waals surface area contributed by atoms with Crippen LogP contribution in [0.2, 0.25) is 0 Å². The molecule has 0 saturated carbocycles. The van der Waals surface area contributed by atoms with Crippen LogP contribution in [0.25, 0.3) is 0 Å². The van der Waals surface area contributed by atoms with Crippen molar-refractivity contribution in [2.45, 2.75) is 32.2 Å². The fraction of sp³-hybridized carbons (Fsp3) is 0.471. The van der Waals surface area contributed by atoms with E-state index in [0.717, 1.165) is 30.1 Å². The van der Waals surface area contributed by atoms with Crippen LogP contribution in [0.15, 0.2) is 35.7 Å². The molecule has 1 aromatic heterocycles. The second kappa shape index (κ2) is 7.69. The predicted molar refractivity (Wildman–Crippen MR) is 88.8 cm³/mol. The van der Waals surface area contributed by atoms with E-state index in [-0.39, 0.29) is 5.54 Å². The number of thiazole rings is 1. The highest BCUT2D eigenvalue weighted by Gasteiger charge is 2.28. The Bertz CT molecular complexity index is 541. The van der Waals surface area contributed by atoms with E-state index in [2.05, 4.69) is 52.9 Å². The van der Waals surface area contributed by atoms with E-state index >= 15 is 0 Å². The monoisotopic (exact) mass is 304 g/mol. The number of methoxy groups -OCH3 is 1. The molecule has 0 fully saturated rings. The lowest BCUT2D eigenvalue weighted by Gasteiger charge is -2.29. The van der Waals surface area contributed by atoms with Crippen LogP contribution in [0.4, 0.5) is 0 Å². The lowest BCUT2D eigenvalue weighted by molar-refractivity contribution is 0.184. The van der Waals surface area contributed by atoms with E-state index in [1.165, 1.54) is 5.56 Å². The summed E-state index contributed by atoms with van der Waals surface area (Å²) in [6.07, 6.45) is 2.06. The molecular formula is C17H24N2OS. The summed E-state index contributed by atoms with van der Waals surface area (Å²) in [4.78, 5) is 4.69. The number of aryl methyl sites for hydroxylation is 2. The summed E-state index contributed by atoms with van der Waals surface area (Å²) in [7, 11) is 1.73. The van der Waals surface area contributed by atoms with Gasteiger partial charge in [-0.1, -0.05) is 30.3 Å². The Morgan fingerprint density at radius 1 is 1.29 bits per heavy atom. The van der Waals surface area contributed by atoms with E-state index in [1.54, 1.807) is 18.4 Å². The number of nitrogens with zero attached hydrogens (tertiary/aromatic N) is 1. The topological polar surface area (TPSA) is 34.1 Å². The summed E-state index contributed by atoms with van der Waals surface area (Å²) >= 11 is 1.74. The van der Waals surface area contributed by atoms with Gasteiger partial charge in [-0.2, -0.15) is 0 Å². The van der Waals surface area contributed by atoms with Gasteiger partial charge in [0.15, 0.2) is 0 Å². The number of aromatic nitrogens is 1. The van der Waals surface area contributed by atoms with Crippen molar-refractivity contribution >= 4 is 11.3 Å². The number of hydrogen-bond acceptors (Lipinski definition) is 4. The van der Waals surface area contributed by atoms with Crippen LogP contribution in [0.1, 0.15) is 29.6 Å². The van der Waals surface area contributed by atoms with Gasteiger partial charge in [0.1, 0.15) is 5.01 Å². The smallest absolute Gasteiger partial charge is 0.113 e. The standard InChI is InChI=1S/C17H24N2OS/c1-14-13-21-16(19-14)17(2,18-11-12-20-3)10-9-15-7-5-4-6-8-15/h4-8,13,18H,9-12H2,1-3H3. The molecule has 1 heterocycles. The molecule has 0 aliphatic rings. The lowest BCUT2D eigenvalue weighted by atomic mass is 9.93. The number of nitrogens with one attached hydrogen (secondary N) is 1. The minimum atomic E-state index is -0.104. The van der Waals surface area contributed by atoms with Crippen LogP contribution in [0, 0.1) is 6.92 Å². The molecule has 0 radical (unpaired) electrons. The Morgan fingerprint density at radius 2 is 2.05 bits per heavy atom. The zero-order chi connectivity index (χ0) is 15.1. The van der Waals surface area contributed by atoms with Crippen molar-refractivity contribution in [1.82, 2.24) is 10.3 Å². The molecule has 0 aliphatic carbocycles. The molecule has 0 bridgehead atoms. The maximum atomic E-state index is 5.16. The van der Waals surface area contributed by atoms with Crippen molar-refractivity contribution in [3.05, 3.63) is 52.0 Å². The molecular weight excluding hydrogens is 280 g/mol. The highest BCUT2D eigenvalue weighted by molar-refractivity contribution is 7.09. The maximum Gasteiger partial charge on any atom is 0.113 e. The number of rotatable bonds is 8. The molecule has 1 aromatic carbocycles. The summed E-state index contributed by atoms with van der Waals surface area (Å²) < 4.78 is 5.16. The molecule has 1 atom stereocenters. The normalized spacial score (nSPS) is 14.0. The highest BCUT2D eigenvalue weighted by atomic mass is 32.1. The molecule has 1 N–H and O–H groups in total. The molecule has 0 aliphatic heterocycles. The van der Waals surface area contributed by atoms with Crippen molar-refractivity contribution < 1.29 is 4.74 Å². The summed E-state index contributed by atoms with van der Waals surface area (Å²) in [6.45, 7) is 5.84. The molecule has 21 heavy (non-hydrogen) atoms. The van der Waals surface area contributed by atoms with Gasteiger partial charge in [0.2, 0.25) is 0 Å². The van der Waals surface area contributed by atoms with Crippen LogP contribution < -0.4 is 5.32 Å². The van der Waals surface area contributed by atoms with Crippen LogP contribution in [0.3, 0.4) is 0 Å². The van der Waals surface area contributed by atoms with E-state index in [1.807, 2.05) is 6.92 Å². The number of benzene rings is 1. The summed E-state index contributed by atoms with van der Waals surface area (Å²) in [5, 5.41) is 6.90. The first-order valence-electron chi connectivity index (χ1n) is 7.34. The van der Waals surface area contributed by atoms with Crippen LogP contribution in [-0.4, -0.2) is 25.2 Å². The highest BCUT2D eigenvalue weighted by Crippen LogP contribution is 2.29. The zero-order valence-electron chi connectivity index (χ0n) is 13.1. The molecule has 0 amide bonds. The summed E-state index contributed by atoms with van der Waals surface area (Å²) in [5.41, 5.74) is 2.35. The number of ether oxygens (including phenoxy) is 1. The molecule has 114 valence electrons. The second-order valence-electron chi connectivity index (χ2n) is 5.53. The average Bonchev–Trinajstić information content (AvgIpc) is 2.94. The third-order valence-corrected chi connectivity index (χ3v) is 4.89. The second-order valence-corrected chi connectivity index (χ2v) is 6.39. The van der Waals surface area contributed by atoms with E-state index < -0.39 is 0 Å². The van der Waals surface area contributed by atoms with Gasteiger partial charge in [-0.25, -0.2) is 4.98 Å². The summed E-state index contributed by atoms with van der Waals surface area (Å²) in [5.74, 6) is 0. The summed E-state index contributed by atoms with van der Waals surface area (Å²) in [6, 6.07) is 10.6. The molecule has 2 aromatic rings. The predicted octanol–water partition coefficient (Wildman–Crippen LogP) is 3.54. The lowest BCUT2D eigenvalue weighted by Crippen LogP contribution is -2.41. The van der Waals surface area contributed by atoms with Gasteiger partial charge in [-0.15, -0.1) is 11.3 Å². The van der Waals surface area contributed by atoms with Crippen LogP contribution in [-0.2, 0) is 16.7 Å². The average molecular weight is 304 g/mol. The zero-order valence-corrected chi connectivity index (χ0v) is 13.9. The van der Waals surface area contributed by atoms with E-state index in [4.69, 9.17) is 4.74 Å². The molecule has 0 saturated heterocycles. The van der Waals surface area contributed by atoms with Gasteiger partial charge in [0.25, 0.3) is 0 Å². The fourth-order valence-electron chi connectivity index (χ4n) is 2.35. The van der Waals surface area contributed by atoms with Crippen molar-refractivity contribution in [2.24, 2.45) is 0 Å². The Hall–Kier alpha value is -1.23. The van der Waals surface area contributed by atoms with E-state index in [9.17, 15) is 0 Å². The van der Waals surface area contributed by atoms with Gasteiger partial charge in [-0.3, -0.25) is 0 Å². The first kappa shape index (κ1) is 16.1. The Labute approximate surface area is 131 Å². The van der Waals surface area contributed by atoms with Crippen LogP contribution >= 0.6 is 11.3 Å². The van der Waals surface area contributed by atoms with Crippen molar-refractivity contribution in [3.63, 3.8) is 0 Å². The molecule has 1 unspecified atom stereocenters. The first-order chi connectivity index (χ1) is 10.1. The molecule has 4 heteroatoms. The maximum absolute atomic E-state index is 5.16. The fourth-order valence-corrected chi connectivity index (χ4v) is 3.31. The molecule has 0 spiro atoms. The van der Waals surface area contributed by atoms with Crippen molar-refractivity contribution in [3.8, 4) is 0 Å². The van der Waals surface area contributed by atoms with Crippen LogP contribution in [0.5, 0.6) is 0 Å². The van der Waals surface area contributed by atoms with Gasteiger partial charge in [0, 0.05) is 24.7 Å². The van der Waals surface area contributed by atoms with Crippen molar-refractivity contribution in [2.75, 3.05) is 20.3 Å². The SMILES string of the molecule is COCCNC(C)(CCc1ccccc1)c1nc(C)cs1. The van der Waals surface area contributed by atoms with E-state index in [0.29, 0.717) is 6.61 Å².